The topological polar surface area (TPSA) is 37.4 Å². The molecule has 0 N–H and O–H groups in total. The molecule has 1 atom stereocenters. The van der Waals surface area contributed by atoms with Crippen LogP contribution < -0.4 is 0 Å². The fourth-order valence-corrected chi connectivity index (χ4v) is 3.08. The summed E-state index contributed by atoms with van der Waals surface area (Å²) in [5, 5.41) is -0.288. The van der Waals surface area contributed by atoms with Crippen LogP contribution in [0.5, 0.6) is 0 Å². The van der Waals surface area contributed by atoms with Gasteiger partial charge in [-0.05, 0) is 18.8 Å². The summed E-state index contributed by atoms with van der Waals surface area (Å²) in [6.45, 7) is 3.40. The molecule has 0 saturated carbocycles. The van der Waals surface area contributed by atoms with E-state index in [-0.39, 0.29) is 5.21 Å². The molecule has 1 aliphatic heterocycles. The molecule has 78 valence electrons. The molecule has 0 aromatic rings. The number of halogens is 1. The fourth-order valence-electron chi connectivity index (χ4n) is 1.68. The third kappa shape index (κ3) is 2.82. The first kappa shape index (κ1) is 11.3. The smallest absolute Gasteiger partial charge is 0.211 e. The average Bonchev–Trinajstić information content (AvgIpc) is 2.18. The van der Waals surface area contributed by atoms with Gasteiger partial charge >= 0.3 is 0 Å². The van der Waals surface area contributed by atoms with Crippen molar-refractivity contribution in [3.63, 3.8) is 0 Å². The second-order valence-electron chi connectivity index (χ2n) is 3.50. The molecule has 1 aliphatic rings. The van der Waals surface area contributed by atoms with Crippen LogP contribution in [0.15, 0.2) is 0 Å². The van der Waals surface area contributed by atoms with Crippen molar-refractivity contribution in [1.82, 2.24) is 4.31 Å². The van der Waals surface area contributed by atoms with E-state index in [1.54, 1.807) is 0 Å². The van der Waals surface area contributed by atoms with Crippen LogP contribution in [0, 0.1) is 5.92 Å². The zero-order valence-corrected chi connectivity index (χ0v) is 9.44. The van der Waals surface area contributed by atoms with E-state index in [9.17, 15) is 8.42 Å². The number of rotatable bonds is 3. The number of hydrogen-bond acceptors (Lipinski definition) is 2. The minimum atomic E-state index is -3.17. The summed E-state index contributed by atoms with van der Waals surface area (Å²) in [5.41, 5.74) is 0. The minimum absolute atomic E-state index is 0.288. The van der Waals surface area contributed by atoms with Gasteiger partial charge in [0.1, 0.15) is 5.21 Å². The second-order valence-corrected chi connectivity index (χ2v) is 6.05. The molecule has 1 unspecified atom stereocenters. The molecule has 13 heavy (non-hydrogen) atoms. The van der Waals surface area contributed by atoms with E-state index in [1.165, 1.54) is 4.31 Å². The number of nitrogens with zero attached hydrogens (tertiary/aromatic N) is 1. The molecule has 1 fully saturated rings. The Morgan fingerprint density at radius 2 is 2.23 bits per heavy atom. The predicted octanol–water partition coefficient (Wildman–Crippen LogP) is 1.63. The molecule has 0 aliphatic carbocycles. The van der Waals surface area contributed by atoms with Crippen LogP contribution in [0.4, 0.5) is 0 Å². The molecular formula is C8H16ClNO2S. The van der Waals surface area contributed by atoms with Gasteiger partial charge in [0.2, 0.25) is 10.0 Å². The summed E-state index contributed by atoms with van der Waals surface area (Å²) in [5.74, 6) is 0.520. The van der Waals surface area contributed by atoms with Crippen LogP contribution >= 0.6 is 11.6 Å². The molecule has 1 heterocycles. The van der Waals surface area contributed by atoms with E-state index >= 15 is 0 Å². The van der Waals surface area contributed by atoms with Gasteiger partial charge in [-0.2, -0.15) is 0 Å². The first-order valence-electron chi connectivity index (χ1n) is 4.64. The van der Waals surface area contributed by atoms with Crippen LogP contribution in [0.25, 0.3) is 0 Å². The van der Waals surface area contributed by atoms with Gasteiger partial charge in [0.15, 0.2) is 0 Å². The second kappa shape index (κ2) is 4.62. The monoisotopic (exact) mass is 225 g/mol. The van der Waals surface area contributed by atoms with E-state index < -0.39 is 10.0 Å². The maximum absolute atomic E-state index is 11.4. The Bertz CT molecular complexity index is 253. The van der Waals surface area contributed by atoms with Crippen molar-refractivity contribution in [1.29, 1.82) is 0 Å². The summed E-state index contributed by atoms with van der Waals surface area (Å²) in [7, 11) is -3.17. The van der Waals surface area contributed by atoms with Crippen molar-refractivity contribution in [2.75, 3.05) is 18.3 Å². The van der Waals surface area contributed by atoms with E-state index in [4.69, 9.17) is 11.6 Å². The van der Waals surface area contributed by atoms with E-state index in [0.29, 0.717) is 19.0 Å². The number of piperidine rings is 1. The molecule has 3 nitrogen and oxygen atoms in total. The summed E-state index contributed by atoms with van der Waals surface area (Å²) < 4.78 is 24.3. The lowest BCUT2D eigenvalue weighted by atomic mass is 9.97. The largest absolute Gasteiger partial charge is 0.228 e. The van der Waals surface area contributed by atoms with Crippen molar-refractivity contribution in [2.24, 2.45) is 5.92 Å². The highest BCUT2D eigenvalue weighted by atomic mass is 35.5. The summed E-state index contributed by atoms with van der Waals surface area (Å²) in [6.07, 6.45) is 3.16. The Morgan fingerprint density at radius 1 is 1.54 bits per heavy atom. The molecule has 1 saturated heterocycles. The van der Waals surface area contributed by atoms with E-state index in [1.807, 2.05) is 0 Å². The van der Waals surface area contributed by atoms with Crippen molar-refractivity contribution in [2.45, 2.75) is 26.2 Å². The van der Waals surface area contributed by atoms with Crippen molar-refractivity contribution in [3.05, 3.63) is 0 Å². The van der Waals surface area contributed by atoms with Crippen molar-refractivity contribution < 1.29 is 8.42 Å². The molecule has 0 radical (unpaired) electrons. The maximum atomic E-state index is 11.4. The lowest BCUT2D eigenvalue weighted by Crippen LogP contribution is -2.40. The van der Waals surface area contributed by atoms with Gasteiger partial charge in [-0.1, -0.05) is 13.3 Å². The Balaban J connectivity index is 2.61. The third-order valence-corrected chi connectivity index (χ3v) is 4.81. The fraction of sp³-hybridized carbons (Fsp3) is 1.00. The van der Waals surface area contributed by atoms with Crippen LogP contribution in [0.2, 0.25) is 0 Å². The van der Waals surface area contributed by atoms with E-state index in [2.05, 4.69) is 6.92 Å². The van der Waals surface area contributed by atoms with Crippen LogP contribution in [0.3, 0.4) is 0 Å². The summed E-state index contributed by atoms with van der Waals surface area (Å²) >= 11 is 5.39. The molecule has 1 rings (SSSR count). The highest BCUT2D eigenvalue weighted by Crippen LogP contribution is 2.21. The van der Waals surface area contributed by atoms with Gasteiger partial charge in [-0.3, -0.25) is 0 Å². The Morgan fingerprint density at radius 3 is 2.77 bits per heavy atom. The Hall–Kier alpha value is 0.200. The molecule has 5 heteroatoms. The summed E-state index contributed by atoms with van der Waals surface area (Å²) in [6, 6.07) is 0. The normalized spacial score (nSPS) is 26.2. The molecule has 0 aromatic heterocycles. The Kier molecular flexibility index (Phi) is 4.01. The van der Waals surface area contributed by atoms with Crippen molar-refractivity contribution >= 4 is 21.6 Å². The van der Waals surface area contributed by atoms with E-state index in [0.717, 1.165) is 19.3 Å². The first-order valence-corrected chi connectivity index (χ1v) is 6.78. The highest BCUT2D eigenvalue weighted by Gasteiger charge is 2.26. The van der Waals surface area contributed by atoms with Gasteiger partial charge in [-0.25, -0.2) is 12.7 Å². The first-order chi connectivity index (χ1) is 6.10. The van der Waals surface area contributed by atoms with Gasteiger partial charge in [-0.15, -0.1) is 11.6 Å². The Labute approximate surface area is 85.1 Å². The van der Waals surface area contributed by atoms with Crippen LogP contribution in [-0.2, 0) is 10.0 Å². The molecule has 0 amide bonds. The van der Waals surface area contributed by atoms with Gasteiger partial charge in [0.05, 0.1) is 0 Å². The average molecular weight is 226 g/mol. The van der Waals surface area contributed by atoms with Crippen LogP contribution in [-0.4, -0.2) is 31.0 Å². The van der Waals surface area contributed by atoms with Gasteiger partial charge in [0.25, 0.3) is 0 Å². The lowest BCUT2D eigenvalue weighted by molar-refractivity contribution is 0.262. The molecular weight excluding hydrogens is 210 g/mol. The third-order valence-electron chi connectivity index (χ3n) is 2.59. The minimum Gasteiger partial charge on any atom is -0.211 e. The maximum Gasteiger partial charge on any atom is 0.228 e. The molecule has 0 bridgehead atoms. The highest BCUT2D eigenvalue weighted by molar-refractivity contribution is 7.90. The SMILES string of the molecule is CCC1CCCN(S(=O)(=O)CCl)C1. The molecule has 0 aromatic carbocycles. The zero-order chi connectivity index (χ0) is 9.90. The zero-order valence-electron chi connectivity index (χ0n) is 7.87. The number of sulfonamides is 1. The number of alkyl halides is 1. The van der Waals surface area contributed by atoms with Crippen LogP contribution in [0.1, 0.15) is 26.2 Å². The number of hydrogen-bond donors (Lipinski definition) is 0. The van der Waals surface area contributed by atoms with Crippen molar-refractivity contribution in [3.8, 4) is 0 Å². The summed E-state index contributed by atoms with van der Waals surface area (Å²) in [4.78, 5) is 0. The molecule has 0 spiro atoms. The quantitative estimate of drug-likeness (QED) is 0.685. The predicted molar refractivity (Wildman–Crippen MR) is 54.2 cm³/mol. The van der Waals surface area contributed by atoms with Gasteiger partial charge < -0.3 is 0 Å². The standard InChI is InChI=1S/C8H16ClNO2S/c1-2-8-4-3-5-10(6-8)13(11,12)7-9/h8H,2-7H2,1H3. The lowest BCUT2D eigenvalue weighted by Gasteiger charge is -2.30. The van der Waals surface area contributed by atoms with Gasteiger partial charge in [0, 0.05) is 13.1 Å².